The van der Waals surface area contributed by atoms with E-state index in [-0.39, 0.29) is 17.9 Å². The first kappa shape index (κ1) is 22.8. The number of halogens is 2. The molecular weight excluding hydrogens is 480 g/mol. The fourth-order valence-electron chi connectivity index (χ4n) is 2.87. The third-order valence-corrected chi connectivity index (χ3v) is 5.48. The number of anilines is 1. The predicted molar refractivity (Wildman–Crippen MR) is 127 cm³/mol. The Morgan fingerprint density at radius 1 is 0.968 bits per heavy atom. The maximum atomic E-state index is 12.5. The average molecular weight is 502 g/mol. The Morgan fingerprint density at radius 2 is 1.65 bits per heavy atom. The number of amides is 2. The van der Waals surface area contributed by atoms with Gasteiger partial charge in [-0.3, -0.25) is 9.59 Å². The van der Waals surface area contributed by atoms with Crippen molar-refractivity contribution in [2.75, 3.05) is 5.32 Å². The van der Waals surface area contributed by atoms with Crippen LogP contribution in [0.4, 0.5) is 5.69 Å². The lowest BCUT2D eigenvalue weighted by atomic mass is 10.1. The molecule has 0 aliphatic rings. The quantitative estimate of drug-likeness (QED) is 0.417. The molecule has 0 heterocycles. The molecular formula is C24H22BrClN2O3. The molecule has 160 valence electrons. The van der Waals surface area contributed by atoms with Crippen molar-refractivity contribution >= 4 is 45.0 Å². The van der Waals surface area contributed by atoms with Crippen molar-refractivity contribution in [1.82, 2.24) is 5.32 Å². The van der Waals surface area contributed by atoms with Gasteiger partial charge in [-0.25, -0.2) is 0 Å². The van der Waals surface area contributed by atoms with Crippen LogP contribution in [0.1, 0.15) is 35.8 Å². The number of rotatable bonds is 7. The number of carbonyl (C=O) groups excluding carboxylic acids is 2. The summed E-state index contributed by atoms with van der Waals surface area (Å²) in [6.45, 7) is 3.59. The highest BCUT2D eigenvalue weighted by atomic mass is 79.9. The van der Waals surface area contributed by atoms with E-state index in [1.165, 1.54) is 0 Å². The fourth-order valence-corrected chi connectivity index (χ4v) is 3.64. The Hall–Kier alpha value is -2.83. The van der Waals surface area contributed by atoms with Gasteiger partial charge >= 0.3 is 0 Å². The van der Waals surface area contributed by atoms with E-state index in [0.29, 0.717) is 26.5 Å². The van der Waals surface area contributed by atoms with E-state index < -0.39 is 6.10 Å². The molecule has 3 rings (SSSR count). The molecule has 7 heteroatoms. The van der Waals surface area contributed by atoms with Gasteiger partial charge in [-0.15, -0.1) is 0 Å². The summed E-state index contributed by atoms with van der Waals surface area (Å²) in [5.74, 6) is 0.0295. The van der Waals surface area contributed by atoms with Crippen LogP contribution in [0.3, 0.4) is 0 Å². The zero-order valence-electron chi connectivity index (χ0n) is 17.1. The van der Waals surface area contributed by atoms with Crippen molar-refractivity contribution in [2.45, 2.75) is 26.0 Å². The summed E-state index contributed by atoms with van der Waals surface area (Å²) in [7, 11) is 0. The molecule has 0 fully saturated rings. The monoisotopic (exact) mass is 500 g/mol. The van der Waals surface area contributed by atoms with E-state index in [9.17, 15) is 9.59 Å². The normalized spacial score (nSPS) is 12.5. The van der Waals surface area contributed by atoms with Crippen molar-refractivity contribution in [1.29, 1.82) is 0 Å². The summed E-state index contributed by atoms with van der Waals surface area (Å²) in [6.07, 6.45) is -0.729. The minimum Gasteiger partial charge on any atom is -0.480 e. The summed E-state index contributed by atoms with van der Waals surface area (Å²) >= 11 is 9.29. The lowest BCUT2D eigenvalue weighted by molar-refractivity contribution is -0.122. The number of hydrogen-bond acceptors (Lipinski definition) is 3. The van der Waals surface area contributed by atoms with Crippen molar-refractivity contribution in [3.63, 3.8) is 0 Å². The topological polar surface area (TPSA) is 67.4 Å². The molecule has 0 bridgehead atoms. The van der Waals surface area contributed by atoms with E-state index in [1.54, 1.807) is 49.4 Å². The zero-order chi connectivity index (χ0) is 22.4. The minimum absolute atomic E-state index is 0.113. The Balaban J connectivity index is 1.56. The lowest BCUT2D eigenvalue weighted by Crippen LogP contribution is -2.30. The third-order valence-electron chi connectivity index (χ3n) is 4.63. The van der Waals surface area contributed by atoms with Gasteiger partial charge in [-0.1, -0.05) is 41.9 Å². The summed E-state index contributed by atoms with van der Waals surface area (Å²) < 4.78 is 6.37. The van der Waals surface area contributed by atoms with E-state index in [0.717, 1.165) is 5.56 Å². The lowest BCUT2D eigenvalue weighted by Gasteiger charge is -2.16. The smallest absolute Gasteiger partial charge is 0.265 e. The number of ether oxygens (including phenoxy) is 1. The van der Waals surface area contributed by atoms with Crippen LogP contribution >= 0.6 is 27.5 Å². The molecule has 5 nitrogen and oxygen atoms in total. The number of nitrogens with one attached hydrogen (secondary N) is 2. The van der Waals surface area contributed by atoms with E-state index in [2.05, 4.69) is 26.6 Å². The second-order valence-corrected chi connectivity index (χ2v) is 8.30. The van der Waals surface area contributed by atoms with E-state index >= 15 is 0 Å². The van der Waals surface area contributed by atoms with Gasteiger partial charge in [-0.2, -0.15) is 0 Å². The van der Waals surface area contributed by atoms with Gasteiger partial charge in [0, 0.05) is 16.3 Å². The molecule has 3 aromatic carbocycles. The fraction of sp³-hybridized carbons (Fsp3) is 0.167. The van der Waals surface area contributed by atoms with Gasteiger partial charge < -0.3 is 15.4 Å². The Bertz CT molecular complexity index is 1060. The molecule has 3 aromatic rings. The number of benzene rings is 3. The molecule has 0 radical (unpaired) electrons. The molecule has 0 aliphatic heterocycles. The molecule has 0 saturated carbocycles. The highest BCUT2D eigenvalue weighted by Crippen LogP contribution is 2.29. The third kappa shape index (κ3) is 6.32. The zero-order valence-corrected chi connectivity index (χ0v) is 19.4. The minimum atomic E-state index is -0.729. The molecule has 0 spiro atoms. The molecule has 0 aliphatic carbocycles. The van der Waals surface area contributed by atoms with Crippen LogP contribution in [0.2, 0.25) is 5.02 Å². The summed E-state index contributed by atoms with van der Waals surface area (Å²) in [6, 6.07) is 21.4. The Morgan fingerprint density at radius 3 is 2.29 bits per heavy atom. The van der Waals surface area contributed by atoms with Crippen molar-refractivity contribution in [3.05, 3.63) is 93.4 Å². The largest absolute Gasteiger partial charge is 0.480 e. The van der Waals surface area contributed by atoms with Gasteiger partial charge in [-0.05, 0) is 77.8 Å². The van der Waals surface area contributed by atoms with Crippen LogP contribution in [0.15, 0.2) is 77.3 Å². The number of carbonyl (C=O) groups is 2. The van der Waals surface area contributed by atoms with Crippen LogP contribution in [-0.2, 0) is 4.79 Å². The van der Waals surface area contributed by atoms with Crippen LogP contribution in [0.5, 0.6) is 5.75 Å². The van der Waals surface area contributed by atoms with Crippen LogP contribution in [-0.4, -0.2) is 17.9 Å². The van der Waals surface area contributed by atoms with Crippen LogP contribution in [0, 0.1) is 0 Å². The SMILES string of the molecule is CC(Oc1ccc(Cl)cc1Br)C(=O)Nc1ccc(C(=O)NC(C)c2ccccc2)cc1. The molecule has 2 amide bonds. The molecule has 2 atom stereocenters. The first-order valence-electron chi connectivity index (χ1n) is 9.72. The standard InChI is InChI=1S/C24H22BrClN2O3/c1-15(17-6-4-3-5-7-17)27-24(30)18-8-11-20(12-9-18)28-23(29)16(2)31-22-13-10-19(26)14-21(22)25/h3-16H,1-2H3,(H,27,30)(H,28,29). The first-order valence-corrected chi connectivity index (χ1v) is 10.9. The molecule has 0 saturated heterocycles. The van der Waals surface area contributed by atoms with Gasteiger partial charge in [0.15, 0.2) is 6.10 Å². The Kier molecular flexibility index (Phi) is 7.71. The molecule has 0 aromatic heterocycles. The average Bonchev–Trinajstić information content (AvgIpc) is 2.76. The number of hydrogen-bond donors (Lipinski definition) is 2. The highest BCUT2D eigenvalue weighted by molar-refractivity contribution is 9.10. The predicted octanol–water partition coefficient (Wildman–Crippen LogP) is 6.00. The highest BCUT2D eigenvalue weighted by Gasteiger charge is 2.17. The van der Waals surface area contributed by atoms with Crippen molar-refractivity contribution < 1.29 is 14.3 Å². The van der Waals surface area contributed by atoms with Gasteiger partial charge in [0.1, 0.15) is 5.75 Å². The summed E-state index contributed by atoms with van der Waals surface area (Å²) in [5.41, 5.74) is 2.11. The van der Waals surface area contributed by atoms with E-state index in [4.69, 9.17) is 16.3 Å². The Labute approximate surface area is 194 Å². The van der Waals surface area contributed by atoms with Crippen LogP contribution in [0.25, 0.3) is 0 Å². The molecule has 2 unspecified atom stereocenters. The maximum Gasteiger partial charge on any atom is 0.265 e. The molecule has 31 heavy (non-hydrogen) atoms. The second-order valence-electron chi connectivity index (χ2n) is 7.01. The van der Waals surface area contributed by atoms with Gasteiger partial charge in [0.25, 0.3) is 11.8 Å². The van der Waals surface area contributed by atoms with Crippen LogP contribution < -0.4 is 15.4 Å². The first-order chi connectivity index (χ1) is 14.8. The van der Waals surface area contributed by atoms with E-state index in [1.807, 2.05) is 37.3 Å². The summed E-state index contributed by atoms with van der Waals surface area (Å²) in [4.78, 5) is 25.0. The van der Waals surface area contributed by atoms with Crippen molar-refractivity contribution in [2.24, 2.45) is 0 Å². The summed E-state index contributed by atoms with van der Waals surface area (Å²) in [5, 5.41) is 6.32. The second kappa shape index (κ2) is 10.5. The maximum absolute atomic E-state index is 12.5. The molecule has 2 N–H and O–H groups in total. The van der Waals surface area contributed by atoms with Gasteiger partial charge in [0.2, 0.25) is 0 Å². The van der Waals surface area contributed by atoms with Gasteiger partial charge in [0.05, 0.1) is 10.5 Å². The van der Waals surface area contributed by atoms with Crippen molar-refractivity contribution in [3.8, 4) is 5.75 Å².